The maximum absolute atomic E-state index is 10.3. The van der Waals surface area contributed by atoms with Gasteiger partial charge in [0, 0.05) is 19.6 Å². The second-order valence-corrected chi connectivity index (χ2v) is 5.28. The van der Waals surface area contributed by atoms with E-state index in [2.05, 4.69) is 29.2 Å². The Hall–Kier alpha value is -1.43. The van der Waals surface area contributed by atoms with Crippen LogP contribution in [0.3, 0.4) is 0 Å². The van der Waals surface area contributed by atoms with Crippen molar-refractivity contribution in [1.82, 2.24) is 4.90 Å². The molecule has 1 aliphatic heterocycles. The standard InChI is InChI=1S/C16H23NO4/c18-16(19)13-20-10-11-21-15-6-8-17(9-7-15)12-14-4-2-1-3-5-14/h1-5,15H,6-13H2,(H,18,19). The van der Waals surface area contributed by atoms with Crippen molar-refractivity contribution in [2.75, 3.05) is 32.9 Å². The molecule has 1 heterocycles. The van der Waals surface area contributed by atoms with Crippen LogP contribution in [0.2, 0.25) is 0 Å². The van der Waals surface area contributed by atoms with Crippen molar-refractivity contribution in [3.8, 4) is 0 Å². The highest BCUT2D eigenvalue weighted by atomic mass is 16.5. The van der Waals surface area contributed by atoms with Gasteiger partial charge in [-0.3, -0.25) is 4.90 Å². The Bertz CT molecular complexity index is 416. The number of benzene rings is 1. The van der Waals surface area contributed by atoms with E-state index in [1.807, 2.05) is 6.07 Å². The van der Waals surface area contributed by atoms with Gasteiger partial charge in [0.15, 0.2) is 0 Å². The van der Waals surface area contributed by atoms with Crippen LogP contribution in [0.25, 0.3) is 0 Å². The molecule has 5 nitrogen and oxygen atoms in total. The number of ether oxygens (including phenoxy) is 2. The highest BCUT2D eigenvalue weighted by Gasteiger charge is 2.19. The first-order valence-electron chi connectivity index (χ1n) is 7.41. The van der Waals surface area contributed by atoms with Crippen molar-refractivity contribution >= 4 is 5.97 Å². The summed E-state index contributed by atoms with van der Waals surface area (Å²) >= 11 is 0. The zero-order valence-corrected chi connectivity index (χ0v) is 12.2. The Morgan fingerprint density at radius 3 is 2.57 bits per heavy atom. The number of hydrogen-bond donors (Lipinski definition) is 1. The second-order valence-electron chi connectivity index (χ2n) is 5.28. The van der Waals surface area contributed by atoms with Crippen LogP contribution in [0.15, 0.2) is 30.3 Å². The summed E-state index contributed by atoms with van der Waals surface area (Å²) in [6.07, 6.45) is 2.31. The van der Waals surface area contributed by atoms with Crippen molar-refractivity contribution in [3.05, 3.63) is 35.9 Å². The van der Waals surface area contributed by atoms with Crippen molar-refractivity contribution in [2.24, 2.45) is 0 Å². The van der Waals surface area contributed by atoms with Gasteiger partial charge in [0.2, 0.25) is 0 Å². The van der Waals surface area contributed by atoms with E-state index in [1.54, 1.807) is 0 Å². The van der Waals surface area contributed by atoms with E-state index in [0.29, 0.717) is 13.2 Å². The van der Waals surface area contributed by atoms with Crippen LogP contribution in [0.4, 0.5) is 0 Å². The number of carboxylic acids is 1. The number of piperidine rings is 1. The molecule has 0 atom stereocenters. The van der Waals surface area contributed by atoms with Gasteiger partial charge in [-0.05, 0) is 18.4 Å². The van der Waals surface area contributed by atoms with Gasteiger partial charge in [0.25, 0.3) is 0 Å². The summed E-state index contributed by atoms with van der Waals surface area (Å²) in [6, 6.07) is 10.5. The number of rotatable bonds is 8. The Morgan fingerprint density at radius 2 is 1.90 bits per heavy atom. The normalized spacial score (nSPS) is 17.0. The molecule has 0 aliphatic carbocycles. The topological polar surface area (TPSA) is 59.0 Å². The first-order valence-corrected chi connectivity index (χ1v) is 7.41. The molecule has 1 aromatic carbocycles. The fourth-order valence-corrected chi connectivity index (χ4v) is 2.51. The van der Waals surface area contributed by atoms with Gasteiger partial charge >= 0.3 is 5.97 Å². The maximum atomic E-state index is 10.3. The molecule has 0 unspecified atom stereocenters. The molecule has 0 spiro atoms. The lowest BCUT2D eigenvalue weighted by Crippen LogP contribution is -2.37. The lowest BCUT2D eigenvalue weighted by molar-refractivity contribution is -0.143. The van der Waals surface area contributed by atoms with Gasteiger partial charge in [0.1, 0.15) is 6.61 Å². The third-order valence-corrected chi connectivity index (χ3v) is 3.59. The van der Waals surface area contributed by atoms with Crippen LogP contribution in [0, 0.1) is 0 Å². The molecule has 116 valence electrons. The predicted molar refractivity (Wildman–Crippen MR) is 79.1 cm³/mol. The fraction of sp³-hybridized carbons (Fsp3) is 0.562. The van der Waals surface area contributed by atoms with Gasteiger partial charge in [-0.2, -0.15) is 0 Å². The largest absolute Gasteiger partial charge is 0.480 e. The molecule has 1 N–H and O–H groups in total. The molecule has 21 heavy (non-hydrogen) atoms. The summed E-state index contributed by atoms with van der Waals surface area (Å²) in [5.74, 6) is -0.941. The van der Waals surface area contributed by atoms with E-state index in [1.165, 1.54) is 5.56 Å². The predicted octanol–water partition coefficient (Wildman–Crippen LogP) is 1.77. The van der Waals surface area contributed by atoms with Crippen LogP contribution in [0.1, 0.15) is 18.4 Å². The first kappa shape index (κ1) is 15.9. The molecule has 2 rings (SSSR count). The fourth-order valence-electron chi connectivity index (χ4n) is 2.51. The lowest BCUT2D eigenvalue weighted by Gasteiger charge is -2.31. The lowest BCUT2D eigenvalue weighted by atomic mass is 10.1. The molecular formula is C16H23NO4. The Balaban J connectivity index is 1.57. The van der Waals surface area contributed by atoms with Crippen molar-refractivity contribution in [3.63, 3.8) is 0 Å². The van der Waals surface area contributed by atoms with Crippen molar-refractivity contribution in [2.45, 2.75) is 25.5 Å². The third kappa shape index (κ3) is 6.25. The Morgan fingerprint density at radius 1 is 1.19 bits per heavy atom. The van der Waals surface area contributed by atoms with Gasteiger partial charge in [-0.15, -0.1) is 0 Å². The SMILES string of the molecule is O=C(O)COCCOC1CCN(Cc2ccccc2)CC1. The highest BCUT2D eigenvalue weighted by molar-refractivity contribution is 5.67. The van der Waals surface area contributed by atoms with Crippen molar-refractivity contribution in [1.29, 1.82) is 0 Å². The summed E-state index contributed by atoms with van der Waals surface area (Å²) in [4.78, 5) is 12.7. The third-order valence-electron chi connectivity index (χ3n) is 3.59. The van der Waals surface area contributed by atoms with E-state index in [9.17, 15) is 4.79 Å². The van der Waals surface area contributed by atoms with Gasteiger partial charge in [-0.25, -0.2) is 4.79 Å². The molecule has 0 bridgehead atoms. The molecule has 1 fully saturated rings. The molecular weight excluding hydrogens is 270 g/mol. The summed E-state index contributed by atoms with van der Waals surface area (Å²) < 4.78 is 10.7. The van der Waals surface area contributed by atoms with E-state index < -0.39 is 5.97 Å². The quantitative estimate of drug-likeness (QED) is 0.740. The van der Waals surface area contributed by atoms with Crippen LogP contribution in [0.5, 0.6) is 0 Å². The van der Waals surface area contributed by atoms with E-state index >= 15 is 0 Å². The minimum Gasteiger partial charge on any atom is -0.480 e. The molecule has 0 aromatic heterocycles. The number of carboxylic acid groups (broad SMARTS) is 1. The number of likely N-dealkylation sites (tertiary alicyclic amines) is 1. The summed E-state index contributed by atoms with van der Waals surface area (Å²) in [7, 11) is 0. The zero-order valence-electron chi connectivity index (χ0n) is 12.2. The molecule has 0 radical (unpaired) electrons. The Labute approximate surface area is 125 Å². The summed E-state index contributed by atoms with van der Waals surface area (Å²) in [6.45, 7) is 3.63. The average molecular weight is 293 g/mol. The monoisotopic (exact) mass is 293 g/mol. The van der Waals surface area contributed by atoms with Crippen molar-refractivity contribution < 1.29 is 19.4 Å². The molecule has 5 heteroatoms. The summed E-state index contributed by atoms with van der Waals surface area (Å²) in [5.41, 5.74) is 1.35. The van der Waals surface area contributed by atoms with Gasteiger partial charge in [0.05, 0.1) is 19.3 Å². The molecule has 1 saturated heterocycles. The highest BCUT2D eigenvalue weighted by Crippen LogP contribution is 2.16. The van der Waals surface area contributed by atoms with Crippen LogP contribution < -0.4 is 0 Å². The number of nitrogens with zero attached hydrogens (tertiary/aromatic N) is 1. The summed E-state index contributed by atoms with van der Waals surface area (Å²) in [5, 5.41) is 8.44. The maximum Gasteiger partial charge on any atom is 0.329 e. The second kappa shape index (κ2) is 8.77. The zero-order chi connectivity index (χ0) is 14.9. The van der Waals surface area contributed by atoms with Crippen LogP contribution in [-0.2, 0) is 20.8 Å². The van der Waals surface area contributed by atoms with Crippen LogP contribution >= 0.6 is 0 Å². The molecule has 0 saturated carbocycles. The van der Waals surface area contributed by atoms with E-state index in [-0.39, 0.29) is 12.7 Å². The molecule has 1 aromatic rings. The average Bonchev–Trinajstić information content (AvgIpc) is 2.49. The van der Waals surface area contributed by atoms with E-state index in [0.717, 1.165) is 32.5 Å². The number of hydrogen-bond acceptors (Lipinski definition) is 4. The number of aliphatic carboxylic acids is 1. The first-order chi connectivity index (χ1) is 10.2. The smallest absolute Gasteiger partial charge is 0.329 e. The molecule has 1 aliphatic rings. The Kier molecular flexibility index (Phi) is 6.66. The van der Waals surface area contributed by atoms with Crippen LogP contribution in [-0.4, -0.2) is 55.0 Å². The minimum absolute atomic E-state index is 0.251. The van der Waals surface area contributed by atoms with E-state index in [4.69, 9.17) is 14.6 Å². The number of carbonyl (C=O) groups is 1. The van der Waals surface area contributed by atoms with Gasteiger partial charge in [-0.1, -0.05) is 30.3 Å². The minimum atomic E-state index is -0.941. The molecule has 0 amide bonds. The van der Waals surface area contributed by atoms with Gasteiger partial charge < -0.3 is 14.6 Å².